The molecule has 0 aromatic rings. The Balaban J connectivity index is -0.000000152. The summed E-state index contributed by atoms with van der Waals surface area (Å²) in [4.78, 5) is 11.5. The zero-order valence-corrected chi connectivity index (χ0v) is 51.4. The zero-order chi connectivity index (χ0) is 53.1. The second kappa shape index (κ2) is 24.0. The number of rotatable bonds is 1. The molecule has 0 bridgehead atoms. The van der Waals surface area contributed by atoms with Crippen LogP contribution in [0.25, 0.3) is 0 Å². The predicted octanol–water partition coefficient (Wildman–Crippen LogP) is 19.6. The van der Waals surface area contributed by atoms with Crippen molar-refractivity contribution in [3.63, 3.8) is 0 Å². The first-order valence-electron chi connectivity index (χ1n) is 24.7. The minimum Gasteiger partial charge on any atom is -0.392 e. The van der Waals surface area contributed by atoms with Crippen molar-refractivity contribution in [2.24, 2.45) is 76.3 Å². The fraction of sp³-hybridized carbons (Fsp3) is 0.983. The second-order valence-corrected chi connectivity index (χ2v) is 32.7. The molecule has 0 heterocycles. The smallest absolute Gasteiger partial charge is 0.143 e. The van der Waals surface area contributed by atoms with E-state index in [-0.39, 0.29) is 38.6 Å². The number of Topliss-reactive ketones (excluding diaryl/α,β-unsaturated/α-hetero) is 1. The highest BCUT2D eigenvalue weighted by atomic mass is 16.3. The van der Waals surface area contributed by atoms with Crippen molar-refractivity contribution >= 4 is 5.78 Å². The molecule has 2 N–H and O–H groups in total. The van der Waals surface area contributed by atoms with Crippen LogP contribution in [0.5, 0.6) is 0 Å². The fourth-order valence-electron chi connectivity index (χ4n) is 8.79. The van der Waals surface area contributed by atoms with Crippen molar-refractivity contribution in [2.45, 2.75) is 301 Å². The summed E-state index contributed by atoms with van der Waals surface area (Å²) in [7, 11) is 0. The van der Waals surface area contributed by atoms with Crippen LogP contribution in [0.2, 0.25) is 0 Å². The van der Waals surface area contributed by atoms with E-state index in [9.17, 15) is 15.0 Å². The molecule has 3 nitrogen and oxygen atoms in total. The maximum Gasteiger partial charge on any atom is 0.143 e. The van der Waals surface area contributed by atoms with Gasteiger partial charge in [-0.25, -0.2) is 0 Å². The molecule has 0 aliphatic rings. The number of carbonyl (C=O) groups excluding carboxylic acids is 1. The number of ketones is 1. The molecule has 0 saturated heterocycles. The first-order chi connectivity index (χ1) is 25.7. The van der Waals surface area contributed by atoms with Crippen LogP contribution in [0.1, 0.15) is 290 Å². The molecule has 62 heavy (non-hydrogen) atoms. The van der Waals surface area contributed by atoms with E-state index >= 15 is 0 Å². The van der Waals surface area contributed by atoms with Crippen LogP contribution in [0.3, 0.4) is 0 Å². The van der Waals surface area contributed by atoms with Gasteiger partial charge in [-0.2, -0.15) is 0 Å². The highest BCUT2D eigenvalue weighted by molar-refractivity contribution is 5.88. The molecule has 0 atom stereocenters. The Morgan fingerprint density at radius 2 is 0.581 bits per heavy atom. The Bertz CT molecular complexity index is 1060. The summed E-state index contributed by atoms with van der Waals surface area (Å²) in [5, 5.41) is 19.9. The van der Waals surface area contributed by atoms with E-state index in [1.165, 1.54) is 12.8 Å². The molecule has 0 aromatic carbocycles. The summed E-state index contributed by atoms with van der Waals surface area (Å²) >= 11 is 0. The molecule has 0 amide bonds. The normalized spacial score (nSPS) is 14.5. The Hall–Kier alpha value is -0.410. The highest BCUT2D eigenvalue weighted by Gasteiger charge is 2.45. The lowest BCUT2D eigenvalue weighted by Crippen LogP contribution is -2.50. The van der Waals surface area contributed by atoms with Crippen LogP contribution >= 0.6 is 0 Å². The third-order valence-electron chi connectivity index (χ3n) is 13.2. The van der Waals surface area contributed by atoms with Gasteiger partial charge in [0.05, 0.1) is 11.7 Å². The topological polar surface area (TPSA) is 57.5 Å². The Kier molecular flexibility index (Phi) is 28.4. The van der Waals surface area contributed by atoms with Gasteiger partial charge < -0.3 is 10.2 Å². The number of hydrogen-bond acceptors (Lipinski definition) is 3. The third-order valence-corrected chi connectivity index (χ3v) is 13.2. The van der Waals surface area contributed by atoms with Gasteiger partial charge in [0.25, 0.3) is 0 Å². The van der Waals surface area contributed by atoms with E-state index in [0.29, 0.717) is 43.7 Å². The van der Waals surface area contributed by atoms with E-state index in [4.69, 9.17) is 0 Å². The number of carbonyl (C=O) groups is 1. The summed E-state index contributed by atoms with van der Waals surface area (Å²) in [6.07, 6.45) is 2.34. The van der Waals surface area contributed by atoms with Gasteiger partial charge in [0.15, 0.2) is 0 Å². The van der Waals surface area contributed by atoms with Gasteiger partial charge >= 0.3 is 0 Å². The van der Waals surface area contributed by atoms with Gasteiger partial charge in [-0.15, -0.1) is 0 Å². The monoisotopic (exact) mass is 885 g/mol. The van der Waals surface area contributed by atoms with Crippen LogP contribution in [-0.2, 0) is 4.79 Å². The molecule has 0 spiro atoms. The molecule has 0 aliphatic heterocycles. The minimum atomic E-state index is -0.625. The van der Waals surface area contributed by atoms with Crippen molar-refractivity contribution in [2.75, 3.05) is 0 Å². The molecule has 0 aliphatic carbocycles. The molecule has 0 saturated carbocycles. The summed E-state index contributed by atoms with van der Waals surface area (Å²) in [6, 6.07) is 0. The SMILES string of the molecule is CC(C)(C)C(=O)C(C)(C)C.CC(C)(C)C(C)(C)C(C)(C)C.CC(C)(C)C(C)(O)C(C)(C)C.CC(C)(C)C(O)C(C)(C)C.CC(C)(C)CC(C)(C)C.CCC(C(C)(C)C)C(C)(C)C. The zero-order valence-electron chi connectivity index (χ0n) is 51.4. The average molecular weight is 886 g/mol. The largest absolute Gasteiger partial charge is 0.392 e. The van der Waals surface area contributed by atoms with Gasteiger partial charge in [0, 0.05) is 10.8 Å². The van der Waals surface area contributed by atoms with Crippen LogP contribution in [0.15, 0.2) is 0 Å². The second-order valence-electron chi connectivity index (χ2n) is 32.7. The maximum atomic E-state index is 11.5. The van der Waals surface area contributed by atoms with Gasteiger partial charge in [0.2, 0.25) is 0 Å². The molecule has 0 rings (SSSR count). The first-order valence-corrected chi connectivity index (χ1v) is 24.7. The molecular formula is C59H128O3. The Morgan fingerprint density at radius 1 is 0.371 bits per heavy atom. The van der Waals surface area contributed by atoms with Gasteiger partial charge in [-0.3, -0.25) is 4.79 Å². The Labute approximate surface area is 397 Å². The fourth-order valence-corrected chi connectivity index (χ4v) is 8.79. The quantitative estimate of drug-likeness (QED) is 0.276. The molecular weight excluding hydrogens is 757 g/mol. The summed E-state index contributed by atoms with van der Waals surface area (Å²) < 4.78 is 0. The lowest BCUT2D eigenvalue weighted by atomic mass is 9.56. The van der Waals surface area contributed by atoms with Crippen molar-refractivity contribution in [1.82, 2.24) is 0 Å². The Morgan fingerprint density at radius 3 is 0.581 bits per heavy atom. The number of aliphatic hydroxyl groups excluding tert-OH is 1. The van der Waals surface area contributed by atoms with E-state index < -0.39 is 5.60 Å². The van der Waals surface area contributed by atoms with Crippen LogP contribution in [-0.4, -0.2) is 27.7 Å². The molecule has 0 fully saturated rings. The van der Waals surface area contributed by atoms with E-state index in [1.807, 2.05) is 48.5 Å². The van der Waals surface area contributed by atoms with Crippen molar-refractivity contribution in [1.29, 1.82) is 0 Å². The van der Waals surface area contributed by atoms with Crippen molar-refractivity contribution in [3.05, 3.63) is 0 Å². The highest BCUT2D eigenvalue weighted by Crippen LogP contribution is 2.50. The summed E-state index contributed by atoms with van der Waals surface area (Å²) in [6.45, 7) is 87.1. The predicted molar refractivity (Wildman–Crippen MR) is 287 cm³/mol. The number of aliphatic hydroxyl groups is 2. The average Bonchev–Trinajstić information content (AvgIpc) is 2.86. The van der Waals surface area contributed by atoms with Gasteiger partial charge in [0.1, 0.15) is 5.78 Å². The van der Waals surface area contributed by atoms with Gasteiger partial charge in [-0.05, 0) is 78.8 Å². The van der Waals surface area contributed by atoms with E-state index in [1.54, 1.807) is 0 Å². The minimum absolute atomic E-state index is 0.00174. The van der Waals surface area contributed by atoms with E-state index in [2.05, 4.69) is 228 Å². The van der Waals surface area contributed by atoms with Crippen LogP contribution < -0.4 is 0 Å². The van der Waals surface area contributed by atoms with E-state index in [0.717, 1.165) is 5.92 Å². The summed E-state index contributed by atoms with van der Waals surface area (Å²) in [5.41, 5.74) is 1.86. The van der Waals surface area contributed by atoms with Crippen molar-refractivity contribution in [3.8, 4) is 0 Å². The van der Waals surface area contributed by atoms with Crippen LogP contribution in [0.4, 0.5) is 0 Å². The lowest BCUT2D eigenvalue weighted by molar-refractivity contribution is -0.134. The van der Waals surface area contributed by atoms with Crippen LogP contribution in [0, 0.1) is 76.3 Å². The molecule has 0 radical (unpaired) electrons. The molecule has 0 unspecified atom stereocenters. The number of hydrogen-bond donors (Lipinski definition) is 2. The standard InChI is InChI=1S/2C11H24.C10H22O.C9H20O.C9H18O.C9H20/c1-9(2,3)11(7,8)10(4,5)6;1-8-9(10(2,3)4)11(5,6)7;1-8(2,3)10(7,11)9(4,5)6;2*1-8(2,3)7(10)9(4,5)6;1-8(2,3)7-9(4,5)6/h1-8H3;9H,8H2,1-7H3;11H,1-7H3;7,10H,1-6H3;1-6H3;7H2,1-6H3. The van der Waals surface area contributed by atoms with Crippen molar-refractivity contribution < 1.29 is 15.0 Å². The lowest BCUT2D eigenvalue weighted by Gasteiger charge is -2.49. The first kappa shape index (κ1) is 73.2. The molecule has 0 aromatic heterocycles. The maximum absolute atomic E-state index is 11.5. The third kappa shape index (κ3) is 32.3. The summed E-state index contributed by atoms with van der Waals surface area (Å²) in [5.74, 6) is 1.13. The molecule has 3 heteroatoms. The van der Waals surface area contributed by atoms with Gasteiger partial charge in [-0.1, -0.05) is 276 Å². The molecule has 382 valence electrons.